The molecule has 0 bridgehead atoms. The van der Waals surface area contributed by atoms with Gasteiger partial charge in [0.15, 0.2) is 0 Å². The van der Waals surface area contributed by atoms with Crippen LogP contribution in [0.3, 0.4) is 0 Å². The lowest BCUT2D eigenvalue weighted by molar-refractivity contribution is -0.166. The van der Waals surface area contributed by atoms with Crippen LogP contribution in [0.25, 0.3) is 0 Å². The Morgan fingerprint density at radius 3 is 2.00 bits per heavy atom. The third kappa shape index (κ3) is 5.71. The molecule has 5 nitrogen and oxygen atoms in total. The highest BCUT2D eigenvalue weighted by molar-refractivity contribution is 9.10. The fraction of sp³-hybridized carbons (Fsp3) is 0.500. The molecule has 0 rings (SSSR count). The lowest BCUT2D eigenvalue weighted by Gasteiger charge is -2.08. The highest BCUT2D eigenvalue weighted by Crippen LogP contribution is 2.06. The zero-order valence-corrected chi connectivity index (χ0v) is 11.4. The van der Waals surface area contributed by atoms with Crippen molar-refractivity contribution in [2.24, 2.45) is 0 Å². The summed E-state index contributed by atoms with van der Waals surface area (Å²) in [5.41, 5.74) is 0. The molecule has 0 aromatic heterocycles. The number of carbonyl (C=O) groups excluding carboxylic acids is 3. The number of ether oxygens (including phenoxy) is 2. The Morgan fingerprint density at radius 1 is 1.07 bits per heavy atom. The number of rotatable bonds is 4. The summed E-state index contributed by atoms with van der Waals surface area (Å²) in [6.45, 7) is 0. The van der Waals surface area contributed by atoms with E-state index in [-0.39, 0.29) is 10.7 Å². The van der Waals surface area contributed by atoms with Gasteiger partial charge in [-0.25, -0.2) is 4.79 Å². The lowest BCUT2D eigenvalue weighted by atomic mass is 10.7. The van der Waals surface area contributed by atoms with Gasteiger partial charge in [-0.1, -0.05) is 31.9 Å². The van der Waals surface area contributed by atoms with E-state index in [0.717, 1.165) is 0 Å². The summed E-state index contributed by atoms with van der Waals surface area (Å²) in [4.78, 5) is 32.3. The van der Waals surface area contributed by atoms with Gasteiger partial charge >= 0.3 is 17.9 Å². The molecular formula is C6H5Br3O5. The van der Waals surface area contributed by atoms with Gasteiger partial charge in [0.1, 0.15) is 10.7 Å². The van der Waals surface area contributed by atoms with Crippen LogP contribution in [0.1, 0.15) is 0 Å². The van der Waals surface area contributed by atoms with Crippen molar-refractivity contribution in [3.63, 3.8) is 0 Å². The SMILES string of the molecule is O=C(CBr)OC(=O)C(Br)OC(=O)CBr. The average molecular weight is 397 g/mol. The first-order chi connectivity index (χ1) is 6.51. The number of hydrogen-bond acceptors (Lipinski definition) is 5. The first-order valence-corrected chi connectivity index (χ1v) is 6.37. The van der Waals surface area contributed by atoms with Crippen LogP contribution < -0.4 is 0 Å². The maximum absolute atomic E-state index is 11.0. The number of hydrogen-bond donors (Lipinski definition) is 0. The zero-order valence-electron chi connectivity index (χ0n) is 6.67. The van der Waals surface area contributed by atoms with Crippen molar-refractivity contribution in [2.75, 3.05) is 10.7 Å². The van der Waals surface area contributed by atoms with Crippen molar-refractivity contribution in [1.82, 2.24) is 0 Å². The number of esters is 3. The minimum absolute atomic E-state index is 0.0469. The highest BCUT2D eigenvalue weighted by Gasteiger charge is 2.22. The van der Waals surface area contributed by atoms with Gasteiger partial charge in [0.2, 0.25) is 0 Å². The molecule has 1 unspecified atom stereocenters. The van der Waals surface area contributed by atoms with E-state index in [1.807, 2.05) is 0 Å². The second-order valence-electron chi connectivity index (χ2n) is 1.87. The minimum atomic E-state index is -1.27. The summed E-state index contributed by atoms with van der Waals surface area (Å²) in [6, 6.07) is 0. The summed E-state index contributed by atoms with van der Waals surface area (Å²) < 4.78 is 8.74. The van der Waals surface area contributed by atoms with E-state index in [1.54, 1.807) is 0 Å². The van der Waals surface area contributed by atoms with E-state index in [1.165, 1.54) is 0 Å². The molecule has 0 saturated heterocycles. The van der Waals surface area contributed by atoms with Crippen molar-refractivity contribution in [3.05, 3.63) is 0 Å². The van der Waals surface area contributed by atoms with E-state index in [2.05, 4.69) is 57.3 Å². The molecule has 0 aliphatic heterocycles. The zero-order chi connectivity index (χ0) is 11.1. The van der Waals surface area contributed by atoms with Crippen LogP contribution in [-0.4, -0.2) is 33.6 Å². The van der Waals surface area contributed by atoms with Gasteiger partial charge in [-0.05, 0) is 15.9 Å². The summed E-state index contributed by atoms with van der Waals surface area (Å²) in [7, 11) is 0. The standard InChI is InChI=1S/C6H5Br3O5/c7-1-3(10)13-5(9)6(12)14-4(11)2-8/h5H,1-2H2. The Morgan fingerprint density at radius 2 is 1.57 bits per heavy atom. The average Bonchev–Trinajstić information content (AvgIpc) is 2.17. The molecule has 0 N–H and O–H groups in total. The van der Waals surface area contributed by atoms with E-state index in [4.69, 9.17) is 0 Å². The molecule has 0 fully saturated rings. The lowest BCUT2D eigenvalue weighted by Crippen LogP contribution is -2.26. The third-order valence-corrected chi connectivity index (χ3v) is 2.33. The molecule has 0 aliphatic rings. The van der Waals surface area contributed by atoms with Gasteiger partial charge in [0.25, 0.3) is 5.01 Å². The molecule has 80 valence electrons. The molecule has 8 heteroatoms. The van der Waals surface area contributed by atoms with Crippen molar-refractivity contribution in [2.45, 2.75) is 5.01 Å². The van der Waals surface area contributed by atoms with Crippen LogP contribution >= 0.6 is 47.8 Å². The van der Waals surface area contributed by atoms with E-state index in [9.17, 15) is 14.4 Å². The van der Waals surface area contributed by atoms with Crippen LogP contribution in [-0.2, 0) is 23.9 Å². The maximum Gasteiger partial charge on any atom is 0.366 e. The molecule has 1 atom stereocenters. The van der Waals surface area contributed by atoms with Gasteiger partial charge in [0, 0.05) is 0 Å². The van der Waals surface area contributed by atoms with Crippen molar-refractivity contribution < 1.29 is 23.9 Å². The first kappa shape index (κ1) is 14.1. The number of halogens is 3. The van der Waals surface area contributed by atoms with Crippen LogP contribution in [0.4, 0.5) is 0 Å². The van der Waals surface area contributed by atoms with Crippen molar-refractivity contribution >= 4 is 65.7 Å². The normalized spacial score (nSPS) is 11.6. The summed E-state index contributed by atoms with van der Waals surface area (Å²) in [5, 5.41) is -1.42. The molecule has 0 aliphatic carbocycles. The second-order valence-corrected chi connectivity index (χ2v) is 3.82. The molecule has 0 radical (unpaired) electrons. The predicted octanol–water partition coefficient (Wildman–Crippen LogP) is 1.11. The third-order valence-electron chi connectivity index (χ3n) is 0.853. The molecule has 0 amide bonds. The van der Waals surface area contributed by atoms with Gasteiger partial charge in [0.05, 0.1) is 0 Å². The van der Waals surface area contributed by atoms with Gasteiger partial charge in [-0.2, -0.15) is 0 Å². The first-order valence-electron chi connectivity index (χ1n) is 3.21. The van der Waals surface area contributed by atoms with E-state index in [0.29, 0.717) is 0 Å². The van der Waals surface area contributed by atoms with Gasteiger partial charge in [-0.3, -0.25) is 9.59 Å². The van der Waals surface area contributed by atoms with Crippen LogP contribution in [0.2, 0.25) is 0 Å². The predicted molar refractivity (Wildman–Crippen MR) is 57.5 cm³/mol. The van der Waals surface area contributed by atoms with Crippen molar-refractivity contribution in [1.29, 1.82) is 0 Å². The Balaban J connectivity index is 3.99. The quantitative estimate of drug-likeness (QED) is 0.404. The Hall–Kier alpha value is 0.0500. The topological polar surface area (TPSA) is 69.7 Å². The Labute approximate surface area is 105 Å². The summed E-state index contributed by atoms with van der Waals surface area (Å²) in [5.74, 6) is -2.37. The van der Waals surface area contributed by atoms with Crippen LogP contribution in [0.15, 0.2) is 0 Å². The summed E-state index contributed by atoms with van der Waals surface area (Å²) >= 11 is 8.37. The fourth-order valence-corrected chi connectivity index (χ4v) is 0.929. The monoisotopic (exact) mass is 394 g/mol. The second kappa shape index (κ2) is 7.36. The molecule has 0 aromatic rings. The Bertz CT molecular complexity index is 242. The Kier molecular flexibility index (Phi) is 7.38. The molecular weight excluding hydrogens is 392 g/mol. The molecule has 0 saturated carbocycles. The molecule has 14 heavy (non-hydrogen) atoms. The molecule has 0 spiro atoms. The van der Waals surface area contributed by atoms with Gasteiger partial charge in [-0.15, -0.1) is 0 Å². The van der Waals surface area contributed by atoms with E-state index >= 15 is 0 Å². The minimum Gasteiger partial charge on any atom is -0.438 e. The maximum atomic E-state index is 11.0. The largest absolute Gasteiger partial charge is 0.438 e. The molecule has 0 heterocycles. The van der Waals surface area contributed by atoms with Crippen LogP contribution in [0.5, 0.6) is 0 Å². The van der Waals surface area contributed by atoms with E-state index < -0.39 is 22.9 Å². The van der Waals surface area contributed by atoms with Gasteiger partial charge < -0.3 is 9.47 Å². The number of carbonyl (C=O) groups is 3. The van der Waals surface area contributed by atoms with Crippen LogP contribution in [0, 0.1) is 0 Å². The summed E-state index contributed by atoms with van der Waals surface area (Å²) in [6.07, 6.45) is 0. The highest BCUT2D eigenvalue weighted by atomic mass is 79.9. The molecule has 0 aromatic carbocycles. The van der Waals surface area contributed by atoms with Crippen molar-refractivity contribution in [3.8, 4) is 0 Å². The smallest absolute Gasteiger partial charge is 0.366 e. The fourth-order valence-electron chi connectivity index (χ4n) is 0.381. The number of alkyl halides is 3.